The molecule has 1 saturated heterocycles. The Bertz CT molecular complexity index is 1340. The predicted octanol–water partition coefficient (Wildman–Crippen LogP) is 5.34. The van der Waals surface area contributed by atoms with E-state index in [2.05, 4.69) is 32.1 Å². The second kappa shape index (κ2) is 12.7. The number of alkyl halides is 3. The van der Waals surface area contributed by atoms with Gasteiger partial charge in [0.2, 0.25) is 5.95 Å². The molecule has 3 aromatic rings. The van der Waals surface area contributed by atoms with E-state index in [0.717, 1.165) is 49.3 Å². The topological polar surface area (TPSA) is 94.1 Å². The van der Waals surface area contributed by atoms with Gasteiger partial charge < -0.3 is 20.1 Å². The van der Waals surface area contributed by atoms with Crippen LogP contribution in [-0.4, -0.2) is 77.3 Å². The van der Waals surface area contributed by atoms with E-state index in [-0.39, 0.29) is 33.8 Å². The number of piperazine rings is 1. The third-order valence-corrected chi connectivity index (χ3v) is 6.67. The number of aromatic nitrogens is 2. The number of ether oxygens (including phenoxy) is 1. The largest absolute Gasteiger partial charge is 0.489 e. The summed E-state index contributed by atoms with van der Waals surface area (Å²) in [4.78, 5) is 25.4. The third kappa shape index (κ3) is 7.71. The number of anilines is 3. The van der Waals surface area contributed by atoms with Crippen molar-refractivity contribution >= 4 is 35.1 Å². The van der Waals surface area contributed by atoms with Crippen molar-refractivity contribution in [3.63, 3.8) is 0 Å². The van der Waals surface area contributed by atoms with Gasteiger partial charge in [0.1, 0.15) is 12.4 Å². The molecule has 2 heterocycles. The quantitative estimate of drug-likeness (QED) is 0.327. The Labute approximate surface area is 232 Å². The molecule has 1 aliphatic rings. The lowest BCUT2D eigenvalue weighted by molar-refractivity contribution is -0.137. The van der Waals surface area contributed by atoms with E-state index in [1.165, 1.54) is 24.4 Å². The van der Waals surface area contributed by atoms with Gasteiger partial charge in [-0.2, -0.15) is 18.2 Å². The maximum atomic E-state index is 14.7. The van der Waals surface area contributed by atoms with Gasteiger partial charge in [-0.3, -0.25) is 9.80 Å². The van der Waals surface area contributed by atoms with Crippen LogP contribution < -0.4 is 15.0 Å². The van der Waals surface area contributed by atoms with Gasteiger partial charge in [0.05, 0.1) is 12.1 Å². The van der Waals surface area contributed by atoms with Crippen molar-refractivity contribution in [2.24, 2.45) is 0 Å². The molecule has 0 bridgehead atoms. The van der Waals surface area contributed by atoms with E-state index in [4.69, 9.17) is 16.3 Å². The number of rotatable bonds is 9. The zero-order valence-corrected chi connectivity index (χ0v) is 22.2. The van der Waals surface area contributed by atoms with E-state index in [9.17, 15) is 27.5 Å². The predicted molar refractivity (Wildman–Crippen MR) is 142 cm³/mol. The Hall–Kier alpha value is -3.68. The molecule has 0 atom stereocenters. The average molecular weight is 583 g/mol. The first-order valence-corrected chi connectivity index (χ1v) is 12.7. The highest BCUT2D eigenvalue weighted by atomic mass is 35.5. The first-order chi connectivity index (χ1) is 19.0. The minimum atomic E-state index is -4.63. The van der Waals surface area contributed by atoms with Crippen LogP contribution in [0, 0.1) is 5.82 Å². The Morgan fingerprint density at radius 3 is 2.58 bits per heavy atom. The summed E-state index contributed by atoms with van der Waals surface area (Å²) in [6, 6.07) is 8.15. The van der Waals surface area contributed by atoms with Gasteiger partial charge in [-0.05, 0) is 49.0 Å². The Balaban J connectivity index is 1.42. The Morgan fingerprint density at radius 1 is 1.15 bits per heavy atom. The molecule has 0 saturated carbocycles. The molecule has 1 amide bonds. The lowest BCUT2D eigenvalue weighted by Gasteiger charge is -2.32. The smallest absolute Gasteiger partial charge is 0.416 e. The van der Waals surface area contributed by atoms with Crippen LogP contribution in [0.25, 0.3) is 0 Å². The first kappa shape index (κ1) is 29.3. The lowest BCUT2D eigenvalue weighted by atomic mass is 10.1. The number of likely N-dealkylation sites (N-methyl/N-ethyl adjacent to an activating group) is 1. The maximum absolute atomic E-state index is 14.7. The maximum Gasteiger partial charge on any atom is 0.416 e. The van der Waals surface area contributed by atoms with E-state index in [0.29, 0.717) is 13.2 Å². The van der Waals surface area contributed by atoms with Gasteiger partial charge in [0.15, 0.2) is 11.6 Å². The molecule has 2 N–H and O–H groups in total. The number of hydrogen-bond acceptors (Lipinski definition) is 7. The summed E-state index contributed by atoms with van der Waals surface area (Å²) in [6.07, 6.45) is -4.83. The molecular weight excluding hydrogens is 556 g/mol. The molecule has 14 heteroatoms. The highest BCUT2D eigenvalue weighted by molar-refractivity contribution is 6.31. The summed E-state index contributed by atoms with van der Waals surface area (Å²) >= 11 is 6.04. The van der Waals surface area contributed by atoms with Gasteiger partial charge in [-0.1, -0.05) is 11.6 Å². The fourth-order valence-corrected chi connectivity index (χ4v) is 4.21. The second-order valence-corrected chi connectivity index (χ2v) is 9.58. The number of hydrogen-bond donors (Lipinski definition) is 2. The van der Waals surface area contributed by atoms with E-state index < -0.39 is 30.2 Å². The second-order valence-electron chi connectivity index (χ2n) is 9.17. The fourth-order valence-electron chi connectivity index (χ4n) is 4.03. The molecule has 0 radical (unpaired) electrons. The van der Waals surface area contributed by atoms with Crippen molar-refractivity contribution < 1.29 is 32.2 Å². The number of halogens is 5. The normalized spacial score (nSPS) is 14.7. The van der Waals surface area contributed by atoms with Crippen molar-refractivity contribution in [1.29, 1.82) is 0 Å². The fraction of sp³-hybridized carbons (Fsp3) is 0.346. The molecule has 0 spiro atoms. The molecule has 0 aliphatic carbocycles. The molecule has 1 aliphatic heterocycles. The molecule has 0 unspecified atom stereocenters. The van der Waals surface area contributed by atoms with Crippen molar-refractivity contribution in [2.75, 3.05) is 56.6 Å². The molecule has 1 fully saturated rings. The van der Waals surface area contributed by atoms with Crippen LogP contribution in [-0.2, 0) is 12.7 Å². The molecule has 1 aromatic heterocycles. The molecule has 214 valence electrons. The van der Waals surface area contributed by atoms with Gasteiger partial charge in [0, 0.05) is 55.7 Å². The monoisotopic (exact) mass is 582 g/mol. The summed E-state index contributed by atoms with van der Waals surface area (Å²) in [6.45, 7) is 4.32. The number of carboxylic acid groups (broad SMARTS) is 1. The van der Waals surface area contributed by atoms with Gasteiger partial charge >= 0.3 is 12.3 Å². The number of amides is 1. The van der Waals surface area contributed by atoms with Crippen molar-refractivity contribution in [3.05, 3.63) is 70.6 Å². The van der Waals surface area contributed by atoms with Gasteiger partial charge in [0.25, 0.3) is 0 Å². The molecule has 9 nitrogen and oxygen atoms in total. The summed E-state index contributed by atoms with van der Waals surface area (Å²) in [7, 11) is 2.07. The lowest BCUT2D eigenvalue weighted by Crippen LogP contribution is -2.45. The average Bonchev–Trinajstić information content (AvgIpc) is 2.90. The standard InChI is InChI=1S/C26H27ClF4N6O3/c1-35-8-10-36(11-9-35)12-13-40-22-5-3-19(15-21(22)28)33-24-32-7-6-23(34-24)37(25(38)39)16-17-14-18(26(29,30)31)2-4-20(17)27/h2-7,14-15H,8-13,16H2,1H3,(H,38,39)(H,32,33,34). The van der Waals surface area contributed by atoms with Gasteiger partial charge in [-0.25, -0.2) is 14.2 Å². The Kier molecular flexibility index (Phi) is 9.28. The third-order valence-electron chi connectivity index (χ3n) is 6.30. The number of nitrogens with one attached hydrogen (secondary N) is 1. The van der Waals surface area contributed by atoms with E-state index >= 15 is 0 Å². The van der Waals surface area contributed by atoms with Crippen LogP contribution in [0.2, 0.25) is 5.02 Å². The molecule has 40 heavy (non-hydrogen) atoms. The van der Waals surface area contributed by atoms with Crippen molar-refractivity contribution in [3.8, 4) is 5.75 Å². The highest BCUT2D eigenvalue weighted by Crippen LogP contribution is 2.33. The first-order valence-electron chi connectivity index (χ1n) is 12.3. The number of benzene rings is 2. The molecular formula is C26H27ClF4N6O3. The summed E-state index contributed by atoms with van der Waals surface area (Å²) in [5.74, 6) is -0.694. The molecule has 4 rings (SSSR count). The van der Waals surface area contributed by atoms with E-state index in [1.807, 2.05) is 0 Å². The zero-order valence-electron chi connectivity index (χ0n) is 21.5. The van der Waals surface area contributed by atoms with Crippen LogP contribution in [0.1, 0.15) is 11.1 Å². The van der Waals surface area contributed by atoms with E-state index in [1.54, 1.807) is 6.07 Å². The number of nitrogens with zero attached hydrogens (tertiary/aromatic N) is 5. The summed E-state index contributed by atoms with van der Waals surface area (Å²) < 4.78 is 59.7. The minimum Gasteiger partial charge on any atom is -0.489 e. The van der Waals surface area contributed by atoms with Crippen molar-refractivity contribution in [1.82, 2.24) is 19.8 Å². The van der Waals surface area contributed by atoms with Crippen LogP contribution in [0.5, 0.6) is 5.75 Å². The molecule has 2 aromatic carbocycles. The van der Waals surface area contributed by atoms with Gasteiger partial charge in [-0.15, -0.1) is 0 Å². The van der Waals surface area contributed by atoms with Crippen LogP contribution in [0.15, 0.2) is 48.7 Å². The summed E-state index contributed by atoms with van der Waals surface area (Å²) in [5, 5.41) is 12.5. The summed E-state index contributed by atoms with van der Waals surface area (Å²) in [5.41, 5.74) is -0.739. The Morgan fingerprint density at radius 2 is 1.90 bits per heavy atom. The van der Waals surface area contributed by atoms with Crippen LogP contribution in [0.4, 0.5) is 39.8 Å². The van der Waals surface area contributed by atoms with Crippen LogP contribution in [0.3, 0.4) is 0 Å². The number of carbonyl (C=O) groups is 1. The highest BCUT2D eigenvalue weighted by Gasteiger charge is 2.31. The zero-order chi connectivity index (χ0) is 28.9. The van der Waals surface area contributed by atoms with Crippen molar-refractivity contribution in [2.45, 2.75) is 12.7 Å². The SMILES string of the molecule is CN1CCN(CCOc2ccc(Nc3nccc(N(Cc4cc(C(F)(F)F)ccc4Cl)C(=O)O)n3)cc2F)CC1. The van der Waals surface area contributed by atoms with Crippen LogP contribution >= 0.6 is 11.6 Å². The minimum absolute atomic E-state index is 0.0343.